The Labute approximate surface area is 110 Å². The minimum absolute atomic E-state index is 0.00894. The molecule has 1 unspecified atom stereocenters. The fourth-order valence-electron chi connectivity index (χ4n) is 1.98. The Bertz CT molecular complexity index is 615. The van der Waals surface area contributed by atoms with Crippen molar-refractivity contribution in [2.24, 2.45) is 0 Å². The molecule has 96 valence electrons. The van der Waals surface area contributed by atoms with Crippen LogP contribution >= 0.6 is 11.3 Å². The number of aryl methyl sites for hydroxylation is 1. The summed E-state index contributed by atoms with van der Waals surface area (Å²) < 4.78 is 1.82. The molecule has 0 aromatic carbocycles. The standard InChI is InChI=1S/C13H17N3OS/c1-4-8(2)16-9(3)5-6-10(12(16)17)11-7-18-13(14)15-11/h5-8H,4H2,1-3H3,(H2,14,15). The maximum atomic E-state index is 12.5. The number of aromatic nitrogens is 2. The molecule has 1 atom stereocenters. The molecule has 0 saturated heterocycles. The van der Waals surface area contributed by atoms with Crippen LogP contribution in [0.2, 0.25) is 0 Å². The second-order valence-electron chi connectivity index (χ2n) is 4.39. The molecule has 2 aromatic rings. The van der Waals surface area contributed by atoms with Crippen LogP contribution in [0.3, 0.4) is 0 Å². The average Bonchev–Trinajstić information content (AvgIpc) is 2.75. The Morgan fingerprint density at radius 2 is 2.22 bits per heavy atom. The first-order chi connectivity index (χ1) is 8.54. The van der Waals surface area contributed by atoms with Crippen LogP contribution in [-0.2, 0) is 0 Å². The Kier molecular flexibility index (Phi) is 3.52. The van der Waals surface area contributed by atoms with E-state index in [2.05, 4.69) is 11.9 Å². The number of nitrogens with two attached hydrogens (primary N) is 1. The summed E-state index contributed by atoms with van der Waals surface area (Å²) in [5.41, 5.74) is 7.89. The first-order valence-corrected chi connectivity index (χ1v) is 6.86. The lowest BCUT2D eigenvalue weighted by Gasteiger charge is -2.17. The SMILES string of the molecule is CCC(C)n1c(C)ccc(-c2csc(N)n2)c1=O. The summed E-state index contributed by atoms with van der Waals surface area (Å²) in [4.78, 5) is 16.7. The van der Waals surface area contributed by atoms with Crippen molar-refractivity contribution >= 4 is 16.5 Å². The minimum atomic E-state index is 0.00894. The average molecular weight is 263 g/mol. The largest absolute Gasteiger partial charge is 0.375 e. The highest BCUT2D eigenvalue weighted by molar-refractivity contribution is 7.13. The zero-order valence-corrected chi connectivity index (χ0v) is 11.6. The number of thiazole rings is 1. The van der Waals surface area contributed by atoms with E-state index in [9.17, 15) is 4.79 Å². The molecule has 0 radical (unpaired) electrons. The number of hydrogen-bond donors (Lipinski definition) is 1. The third kappa shape index (κ3) is 2.18. The van der Waals surface area contributed by atoms with Crippen LogP contribution in [0, 0.1) is 6.92 Å². The van der Waals surface area contributed by atoms with Crippen LogP contribution in [0.1, 0.15) is 32.0 Å². The third-order valence-electron chi connectivity index (χ3n) is 3.15. The molecule has 2 N–H and O–H groups in total. The number of anilines is 1. The van der Waals surface area contributed by atoms with Gasteiger partial charge in [-0.15, -0.1) is 11.3 Å². The summed E-state index contributed by atoms with van der Waals surface area (Å²) in [6, 6.07) is 3.97. The number of nitrogens with zero attached hydrogens (tertiary/aromatic N) is 2. The van der Waals surface area contributed by atoms with E-state index in [1.54, 1.807) is 0 Å². The summed E-state index contributed by atoms with van der Waals surface area (Å²) in [5, 5.41) is 2.31. The fourth-order valence-corrected chi connectivity index (χ4v) is 2.55. The Balaban J connectivity index is 2.61. The summed E-state index contributed by atoms with van der Waals surface area (Å²) in [6.45, 7) is 6.07. The second-order valence-corrected chi connectivity index (χ2v) is 5.28. The maximum absolute atomic E-state index is 12.5. The Morgan fingerprint density at radius 1 is 1.50 bits per heavy atom. The van der Waals surface area contributed by atoms with Crippen LogP contribution in [0.25, 0.3) is 11.3 Å². The molecule has 5 heteroatoms. The molecule has 0 aliphatic heterocycles. The fraction of sp³-hybridized carbons (Fsp3) is 0.385. The van der Waals surface area contributed by atoms with Crippen molar-refractivity contribution in [3.63, 3.8) is 0 Å². The zero-order valence-electron chi connectivity index (χ0n) is 10.8. The first kappa shape index (κ1) is 12.8. The molecule has 2 aromatic heterocycles. The van der Waals surface area contributed by atoms with Gasteiger partial charge in [-0.2, -0.15) is 0 Å². The summed E-state index contributed by atoms with van der Waals surface area (Å²) in [7, 11) is 0. The monoisotopic (exact) mass is 263 g/mol. The van der Waals surface area contributed by atoms with Crippen molar-refractivity contribution < 1.29 is 0 Å². The van der Waals surface area contributed by atoms with Crippen LogP contribution in [-0.4, -0.2) is 9.55 Å². The predicted molar refractivity (Wildman–Crippen MR) is 76.0 cm³/mol. The van der Waals surface area contributed by atoms with Crippen molar-refractivity contribution in [2.75, 3.05) is 5.73 Å². The van der Waals surface area contributed by atoms with Gasteiger partial charge < -0.3 is 10.3 Å². The topological polar surface area (TPSA) is 60.9 Å². The van der Waals surface area contributed by atoms with Crippen LogP contribution < -0.4 is 11.3 Å². The van der Waals surface area contributed by atoms with Crippen LogP contribution in [0.15, 0.2) is 22.3 Å². The summed E-state index contributed by atoms with van der Waals surface area (Å²) in [5.74, 6) is 0. The van der Waals surface area contributed by atoms with E-state index in [0.29, 0.717) is 16.4 Å². The lowest BCUT2D eigenvalue weighted by Crippen LogP contribution is -2.26. The molecule has 0 bridgehead atoms. The van der Waals surface area contributed by atoms with E-state index in [1.165, 1.54) is 11.3 Å². The third-order valence-corrected chi connectivity index (χ3v) is 3.82. The van der Waals surface area contributed by atoms with E-state index in [4.69, 9.17) is 5.73 Å². The number of rotatable bonds is 3. The van der Waals surface area contributed by atoms with E-state index < -0.39 is 0 Å². The quantitative estimate of drug-likeness (QED) is 0.926. The molecule has 2 rings (SSSR count). The van der Waals surface area contributed by atoms with Gasteiger partial charge in [-0.3, -0.25) is 4.79 Å². The Morgan fingerprint density at radius 3 is 2.78 bits per heavy atom. The smallest absolute Gasteiger partial charge is 0.260 e. The predicted octanol–water partition coefficient (Wildman–Crippen LogP) is 2.83. The zero-order chi connectivity index (χ0) is 13.3. The molecule has 4 nitrogen and oxygen atoms in total. The van der Waals surface area contributed by atoms with E-state index >= 15 is 0 Å². The maximum Gasteiger partial charge on any atom is 0.260 e. The van der Waals surface area contributed by atoms with E-state index in [-0.39, 0.29) is 11.6 Å². The number of pyridine rings is 1. The van der Waals surface area contributed by atoms with Gasteiger partial charge in [0.15, 0.2) is 5.13 Å². The van der Waals surface area contributed by atoms with Gasteiger partial charge in [0.2, 0.25) is 0 Å². The highest BCUT2D eigenvalue weighted by Gasteiger charge is 2.13. The van der Waals surface area contributed by atoms with E-state index in [0.717, 1.165) is 12.1 Å². The first-order valence-electron chi connectivity index (χ1n) is 5.98. The normalized spacial score (nSPS) is 12.6. The van der Waals surface area contributed by atoms with E-state index in [1.807, 2.05) is 35.9 Å². The molecule has 0 amide bonds. The molecule has 0 aliphatic carbocycles. The van der Waals surface area contributed by atoms with Gasteiger partial charge in [-0.1, -0.05) is 6.92 Å². The molecular weight excluding hydrogens is 246 g/mol. The van der Waals surface area contributed by atoms with Gasteiger partial charge in [0.25, 0.3) is 5.56 Å². The van der Waals surface area contributed by atoms with Gasteiger partial charge in [0, 0.05) is 17.1 Å². The van der Waals surface area contributed by atoms with Gasteiger partial charge >= 0.3 is 0 Å². The summed E-state index contributed by atoms with van der Waals surface area (Å²) >= 11 is 1.35. The highest BCUT2D eigenvalue weighted by Crippen LogP contribution is 2.21. The second kappa shape index (κ2) is 4.94. The van der Waals surface area contributed by atoms with Crippen molar-refractivity contribution in [1.82, 2.24) is 9.55 Å². The number of hydrogen-bond acceptors (Lipinski definition) is 4. The molecule has 18 heavy (non-hydrogen) atoms. The van der Waals surface area contributed by atoms with Crippen LogP contribution in [0.4, 0.5) is 5.13 Å². The molecular formula is C13H17N3OS. The number of nitrogen functional groups attached to an aromatic ring is 1. The molecule has 0 fully saturated rings. The lowest BCUT2D eigenvalue weighted by atomic mass is 10.1. The van der Waals surface area contributed by atoms with Gasteiger partial charge in [0.05, 0.1) is 11.3 Å². The van der Waals surface area contributed by atoms with Crippen molar-refractivity contribution in [1.29, 1.82) is 0 Å². The molecule has 0 spiro atoms. The highest BCUT2D eigenvalue weighted by atomic mass is 32.1. The molecule has 0 aliphatic rings. The summed E-state index contributed by atoms with van der Waals surface area (Å²) in [6.07, 6.45) is 0.920. The molecule has 0 saturated carbocycles. The van der Waals surface area contributed by atoms with Crippen molar-refractivity contribution in [3.05, 3.63) is 33.6 Å². The van der Waals surface area contributed by atoms with Crippen molar-refractivity contribution in [3.8, 4) is 11.3 Å². The Hall–Kier alpha value is -1.62. The lowest BCUT2D eigenvalue weighted by molar-refractivity contribution is 0.503. The van der Waals surface area contributed by atoms with Gasteiger partial charge in [-0.05, 0) is 32.4 Å². The van der Waals surface area contributed by atoms with Gasteiger partial charge in [-0.25, -0.2) is 4.98 Å². The molecule has 2 heterocycles. The van der Waals surface area contributed by atoms with Crippen LogP contribution in [0.5, 0.6) is 0 Å². The van der Waals surface area contributed by atoms with Gasteiger partial charge in [0.1, 0.15) is 0 Å². The van der Waals surface area contributed by atoms with Crippen molar-refractivity contribution in [2.45, 2.75) is 33.2 Å². The minimum Gasteiger partial charge on any atom is -0.375 e.